The molecule has 0 atom stereocenters. The Balaban J connectivity index is 1.24. The maximum Gasteiger partial charge on any atom is 0.326 e. The number of pyridine rings is 1. The van der Waals surface area contributed by atoms with Crippen molar-refractivity contribution < 1.29 is 14.4 Å². The third kappa shape index (κ3) is 5.91. The van der Waals surface area contributed by atoms with Crippen LogP contribution >= 0.6 is 0 Å². The molecule has 4 amide bonds. The average molecular weight is 465 g/mol. The van der Waals surface area contributed by atoms with Crippen molar-refractivity contribution >= 4 is 29.2 Å². The quantitative estimate of drug-likeness (QED) is 0.572. The number of hydrogen-bond acceptors (Lipinski definition) is 6. The van der Waals surface area contributed by atoms with Crippen LogP contribution in [0.15, 0.2) is 48.8 Å². The highest BCUT2D eigenvalue weighted by Gasteiger charge is 2.32. The minimum absolute atomic E-state index is 0.107. The van der Waals surface area contributed by atoms with Crippen LogP contribution in [0.1, 0.15) is 18.4 Å². The largest absolute Gasteiger partial charge is 0.367 e. The van der Waals surface area contributed by atoms with E-state index in [2.05, 4.69) is 32.2 Å². The monoisotopic (exact) mass is 464 g/mol. The van der Waals surface area contributed by atoms with Gasteiger partial charge in [0.1, 0.15) is 6.54 Å². The van der Waals surface area contributed by atoms with Crippen LogP contribution in [-0.4, -0.2) is 90.4 Å². The normalized spacial score (nSPS) is 16.9. The minimum Gasteiger partial charge on any atom is -0.367 e. The van der Waals surface area contributed by atoms with Crippen LogP contribution in [0.2, 0.25) is 0 Å². The summed E-state index contributed by atoms with van der Waals surface area (Å²) < 4.78 is 0. The topological polar surface area (TPSA) is 89.1 Å². The van der Waals surface area contributed by atoms with Gasteiger partial charge in [0.05, 0.1) is 11.4 Å². The number of hydrogen-bond donors (Lipinski definition) is 1. The standard InChI is InChI=1S/C25H32N6O3/c1-28-19-24(33)31(25(28)34)13-4-7-23(32)27-21-5-2-3-6-22(21)30-17-15-29(16-18-30)14-10-20-8-11-26-12-9-20/h2-3,5-6,8-9,11-12H,4,7,10,13-19H2,1H3,(H,27,32). The molecule has 3 heterocycles. The van der Waals surface area contributed by atoms with Crippen molar-refractivity contribution in [3.05, 3.63) is 54.4 Å². The van der Waals surface area contributed by atoms with Gasteiger partial charge in [0.2, 0.25) is 11.8 Å². The smallest absolute Gasteiger partial charge is 0.326 e. The number of amides is 4. The van der Waals surface area contributed by atoms with E-state index in [0.717, 1.165) is 50.5 Å². The van der Waals surface area contributed by atoms with E-state index in [9.17, 15) is 14.4 Å². The van der Waals surface area contributed by atoms with Crippen molar-refractivity contribution in [2.75, 3.05) is 63.1 Å². The number of anilines is 2. The van der Waals surface area contributed by atoms with Crippen molar-refractivity contribution in [2.45, 2.75) is 19.3 Å². The molecule has 9 heteroatoms. The number of carbonyl (C=O) groups excluding carboxylic acids is 3. The third-order valence-electron chi connectivity index (χ3n) is 6.37. The van der Waals surface area contributed by atoms with Crippen LogP contribution in [-0.2, 0) is 16.0 Å². The van der Waals surface area contributed by atoms with Crippen molar-refractivity contribution in [2.24, 2.45) is 0 Å². The highest BCUT2D eigenvalue weighted by Crippen LogP contribution is 2.27. The van der Waals surface area contributed by atoms with Gasteiger partial charge in [-0.15, -0.1) is 0 Å². The predicted molar refractivity (Wildman–Crippen MR) is 131 cm³/mol. The van der Waals surface area contributed by atoms with Crippen LogP contribution in [0.4, 0.5) is 16.2 Å². The highest BCUT2D eigenvalue weighted by atomic mass is 16.2. The van der Waals surface area contributed by atoms with Gasteiger partial charge in [-0.1, -0.05) is 12.1 Å². The first-order chi connectivity index (χ1) is 16.5. The molecule has 0 aliphatic carbocycles. The Labute approximate surface area is 200 Å². The summed E-state index contributed by atoms with van der Waals surface area (Å²) in [6.45, 7) is 5.13. The van der Waals surface area contributed by atoms with Crippen LogP contribution in [0, 0.1) is 0 Å². The Kier molecular flexibility index (Phi) is 7.74. The Morgan fingerprint density at radius 3 is 2.44 bits per heavy atom. The first-order valence-electron chi connectivity index (χ1n) is 11.8. The molecule has 34 heavy (non-hydrogen) atoms. The first kappa shape index (κ1) is 23.7. The van der Waals surface area contributed by atoms with E-state index in [1.807, 2.05) is 36.7 Å². The van der Waals surface area contributed by atoms with Crippen molar-refractivity contribution in [3.63, 3.8) is 0 Å². The number of nitrogens with zero attached hydrogens (tertiary/aromatic N) is 5. The van der Waals surface area contributed by atoms with Crippen LogP contribution in [0.3, 0.4) is 0 Å². The van der Waals surface area contributed by atoms with Gasteiger partial charge in [0.25, 0.3) is 0 Å². The average Bonchev–Trinajstić information content (AvgIpc) is 3.10. The van der Waals surface area contributed by atoms with E-state index in [4.69, 9.17) is 0 Å². The second-order valence-corrected chi connectivity index (χ2v) is 8.79. The zero-order valence-corrected chi connectivity index (χ0v) is 19.7. The summed E-state index contributed by atoms with van der Waals surface area (Å²) in [6, 6.07) is 11.7. The zero-order chi connectivity index (χ0) is 23.9. The lowest BCUT2D eigenvalue weighted by Gasteiger charge is -2.37. The second-order valence-electron chi connectivity index (χ2n) is 8.79. The fourth-order valence-electron chi connectivity index (χ4n) is 4.40. The van der Waals surface area contributed by atoms with Crippen LogP contribution < -0.4 is 10.2 Å². The number of para-hydroxylation sites is 2. The van der Waals surface area contributed by atoms with Crippen molar-refractivity contribution in [1.29, 1.82) is 0 Å². The van der Waals surface area contributed by atoms with Gasteiger partial charge in [-0.3, -0.25) is 24.4 Å². The van der Waals surface area contributed by atoms with E-state index in [1.54, 1.807) is 7.05 Å². The van der Waals surface area contributed by atoms with E-state index in [-0.39, 0.29) is 37.4 Å². The number of rotatable bonds is 9. The summed E-state index contributed by atoms with van der Waals surface area (Å²) in [5, 5.41) is 3.02. The lowest BCUT2D eigenvalue weighted by molar-refractivity contribution is -0.125. The number of nitrogens with one attached hydrogen (secondary N) is 1. The molecule has 2 aliphatic heterocycles. The van der Waals surface area contributed by atoms with Gasteiger partial charge in [0.15, 0.2) is 0 Å². The number of carbonyl (C=O) groups is 3. The number of aromatic nitrogens is 1. The number of benzene rings is 1. The molecule has 4 rings (SSSR count). The van der Waals surface area contributed by atoms with Crippen molar-refractivity contribution in [1.82, 2.24) is 19.7 Å². The molecular weight excluding hydrogens is 432 g/mol. The molecule has 1 N–H and O–H groups in total. The van der Waals surface area contributed by atoms with Crippen LogP contribution in [0.25, 0.3) is 0 Å². The fourth-order valence-corrected chi connectivity index (χ4v) is 4.40. The minimum atomic E-state index is -0.296. The lowest BCUT2D eigenvalue weighted by Crippen LogP contribution is -2.47. The molecule has 2 aromatic rings. The second kappa shape index (κ2) is 11.1. The molecule has 0 unspecified atom stereocenters. The third-order valence-corrected chi connectivity index (χ3v) is 6.37. The predicted octanol–water partition coefficient (Wildman–Crippen LogP) is 2.06. The van der Waals surface area contributed by atoms with Crippen molar-refractivity contribution in [3.8, 4) is 0 Å². The number of likely N-dealkylation sites (N-methyl/N-ethyl adjacent to an activating group) is 1. The summed E-state index contributed by atoms with van der Waals surface area (Å²) >= 11 is 0. The molecule has 2 aliphatic rings. The zero-order valence-electron chi connectivity index (χ0n) is 19.7. The molecule has 0 spiro atoms. The Bertz CT molecular complexity index is 1010. The Morgan fingerprint density at radius 2 is 1.74 bits per heavy atom. The number of piperazine rings is 1. The summed E-state index contributed by atoms with van der Waals surface area (Å²) in [5.74, 6) is -0.325. The summed E-state index contributed by atoms with van der Waals surface area (Å²) in [7, 11) is 1.60. The van der Waals surface area contributed by atoms with Gasteiger partial charge < -0.3 is 15.1 Å². The molecule has 1 aromatic heterocycles. The Morgan fingerprint density at radius 1 is 1.00 bits per heavy atom. The molecule has 9 nitrogen and oxygen atoms in total. The SMILES string of the molecule is CN1CC(=O)N(CCCC(=O)Nc2ccccc2N2CCN(CCc3ccncc3)CC2)C1=O. The molecule has 2 fully saturated rings. The molecule has 0 bridgehead atoms. The summed E-state index contributed by atoms with van der Waals surface area (Å²) in [4.78, 5) is 47.9. The van der Waals surface area contributed by atoms with Gasteiger partial charge in [0, 0.05) is 65.1 Å². The fraction of sp³-hybridized carbons (Fsp3) is 0.440. The van der Waals surface area contributed by atoms with Gasteiger partial charge in [-0.25, -0.2) is 4.79 Å². The molecule has 2 saturated heterocycles. The molecule has 180 valence electrons. The molecular formula is C25H32N6O3. The molecule has 0 saturated carbocycles. The summed E-state index contributed by atoms with van der Waals surface area (Å²) in [5.41, 5.74) is 3.12. The highest BCUT2D eigenvalue weighted by molar-refractivity contribution is 6.02. The maximum atomic E-state index is 12.6. The first-order valence-corrected chi connectivity index (χ1v) is 11.8. The molecule has 1 aromatic carbocycles. The number of urea groups is 1. The number of imide groups is 1. The van der Waals surface area contributed by atoms with Gasteiger partial charge in [-0.05, 0) is 42.7 Å². The van der Waals surface area contributed by atoms with E-state index < -0.39 is 0 Å². The lowest BCUT2D eigenvalue weighted by atomic mass is 10.1. The Hall–Kier alpha value is -3.46. The van der Waals surface area contributed by atoms with E-state index in [1.165, 1.54) is 15.4 Å². The van der Waals surface area contributed by atoms with E-state index >= 15 is 0 Å². The van der Waals surface area contributed by atoms with E-state index in [0.29, 0.717) is 6.42 Å². The van der Waals surface area contributed by atoms with Gasteiger partial charge in [-0.2, -0.15) is 0 Å². The molecule has 0 radical (unpaired) electrons. The van der Waals surface area contributed by atoms with Gasteiger partial charge >= 0.3 is 6.03 Å². The summed E-state index contributed by atoms with van der Waals surface area (Å²) in [6.07, 6.45) is 5.37. The maximum absolute atomic E-state index is 12.6. The van der Waals surface area contributed by atoms with Crippen LogP contribution in [0.5, 0.6) is 0 Å².